The number of piperidine rings is 1. The third-order valence-electron chi connectivity index (χ3n) is 7.21. The molecule has 1 heterocycles. The average Bonchev–Trinajstić information content (AvgIpc) is 2.93. The van der Waals surface area contributed by atoms with Crippen LogP contribution in [0.2, 0.25) is 0 Å². The Morgan fingerprint density at radius 2 is 1.53 bits per heavy atom. The zero-order chi connectivity index (χ0) is 27.3. The predicted molar refractivity (Wildman–Crippen MR) is 145 cm³/mol. The van der Waals surface area contributed by atoms with Crippen LogP contribution in [0.25, 0.3) is 0 Å². The van der Waals surface area contributed by atoms with Gasteiger partial charge in [-0.15, -0.1) is 0 Å². The number of sulfone groups is 1. The molecule has 2 unspecified atom stereocenters. The van der Waals surface area contributed by atoms with E-state index in [2.05, 4.69) is 0 Å². The molecule has 1 fully saturated rings. The second-order valence-electron chi connectivity index (χ2n) is 9.72. The summed E-state index contributed by atoms with van der Waals surface area (Å²) in [5, 5.41) is -1.02. The van der Waals surface area contributed by atoms with Gasteiger partial charge in [-0.25, -0.2) is 8.42 Å². The van der Waals surface area contributed by atoms with Crippen LogP contribution < -0.4 is 4.74 Å². The minimum atomic E-state index is -3.90. The molecule has 0 radical (unpaired) electrons. The summed E-state index contributed by atoms with van der Waals surface area (Å²) in [6, 6.07) is 23.8. The van der Waals surface area contributed by atoms with Gasteiger partial charge in [0.1, 0.15) is 17.2 Å². The standard InChI is InChI=1S/C30H35NO6S/c1-21-10-16-26(17-11-21)38(33,34)28-27(20-37-19-24-8-6-5-7-9-24)22(2)29(32)31(30(28)36-4)18-23-12-14-25(35-3)15-13-23/h5-17,22,27-28,30H,18-20H2,1-4H3/t22-,27-,28?,30?/m0/s1. The summed E-state index contributed by atoms with van der Waals surface area (Å²) >= 11 is 0. The average molecular weight is 538 g/mol. The molecule has 0 aliphatic carbocycles. The second-order valence-corrected chi connectivity index (χ2v) is 11.8. The van der Waals surface area contributed by atoms with Crippen molar-refractivity contribution in [2.24, 2.45) is 11.8 Å². The number of benzene rings is 3. The lowest BCUT2D eigenvalue weighted by Gasteiger charge is -2.46. The Labute approximate surface area is 225 Å². The molecule has 7 nitrogen and oxygen atoms in total. The van der Waals surface area contributed by atoms with Gasteiger partial charge in [0.25, 0.3) is 0 Å². The number of nitrogens with zero attached hydrogens (tertiary/aromatic N) is 1. The maximum absolute atomic E-state index is 14.2. The van der Waals surface area contributed by atoms with Crippen LogP contribution in [0.15, 0.2) is 83.8 Å². The number of carbonyl (C=O) groups is 1. The molecule has 1 saturated heterocycles. The summed E-state index contributed by atoms with van der Waals surface area (Å²) in [6.07, 6.45) is -0.988. The maximum atomic E-state index is 14.2. The Morgan fingerprint density at radius 3 is 2.13 bits per heavy atom. The Hall–Kier alpha value is -3.20. The van der Waals surface area contributed by atoms with Gasteiger partial charge in [-0.3, -0.25) is 4.79 Å². The topological polar surface area (TPSA) is 82.1 Å². The highest BCUT2D eigenvalue weighted by atomic mass is 32.2. The largest absolute Gasteiger partial charge is 0.497 e. The van der Waals surface area contributed by atoms with Crippen molar-refractivity contribution in [1.29, 1.82) is 0 Å². The van der Waals surface area contributed by atoms with E-state index in [1.54, 1.807) is 38.3 Å². The van der Waals surface area contributed by atoms with E-state index in [1.165, 1.54) is 12.0 Å². The fraction of sp³-hybridized carbons (Fsp3) is 0.367. The van der Waals surface area contributed by atoms with Gasteiger partial charge in [0.15, 0.2) is 9.84 Å². The van der Waals surface area contributed by atoms with Gasteiger partial charge >= 0.3 is 0 Å². The van der Waals surface area contributed by atoms with Gasteiger partial charge in [-0.2, -0.15) is 0 Å². The molecule has 8 heteroatoms. The Morgan fingerprint density at radius 1 is 0.868 bits per heavy atom. The lowest BCUT2D eigenvalue weighted by atomic mass is 9.85. The molecule has 0 saturated carbocycles. The molecule has 0 N–H and O–H groups in total. The number of amides is 1. The van der Waals surface area contributed by atoms with Crippen LogP contribution in [0.4, 0.5) is 0 Å². The van der Waals surface area contributed by atoms with E-state index in [-0.39, 0.29) is 24.0 Å². The number of likely N-dealkylation sites (tertiary alicyclic amines) is 1. The summed E-state index contributed by atoms with van der Waals surface area (Å²) in [6.45, 7) is 4.33. The number of methoxy groups -OCH3 is 2. The van der Waals surface area contributed by atoms with Crippen LogP contribution in [-0.2, 0) is 37.3 Å². The SMILES string of the molecule is COc1ccc(CN2C(=O)[C@@H](C)[C@H](COCc3ccccc3)C(S(=O)(=O)c3ccc(C)cc3)C2OC)cc1. The van der Waals surface area contributed by atoms with Crippen molar-refractivity contribution in [3.63, 3.8) is 0 Å². The van der Waals surface area contributed by atoms with Crippen LogP contribution in [0.5, 0.6) is 5.75 Å². The third kappa shape index (κ3) is 5.93. The first-order valence-electron chi connectivity index (χ1n) is 12.6. The first kappa shape index (κ1) is 27.8. The molecule has 4 rings (SSSR count). The van der Waals surface area contributed by atoms with Gasteiger partial charge in [0.2, 0.25) is 5.91 Å². The van der Waals surface area contributed by atoms with Gasteiger partial charge in [-0.05, 0) is 42.3 Å². The highest BCUT2D eigenvalue weighted by molar-refractivity contribution is 7.92. The van der Waals surface area contributed by atoms with Crippen molar-refractivity contribution >= 4 is 15.7 Å². The molecule has 38 heavy (non-hydrogen) atoms. The molecule has 202 valence electrons. The van der Waals surface area contributed by atoms with Crippen molar-refractivity contribution in [3.8, 4) is 5.75 Å². The highest BCUT2D eigenvalue weighted by Gasteiger charge is 2.53. The molecule has 0 aromatic heterocycles. The van der Waals surface area contributed by atoms with Crippen LogP contribution in [-0.4, -0.2) is 51.5 Å². The Balaban J connectivity index is 1.69. The number of hydrogen-bond donors (Lipinski definition) is 0. The van der Waals surface area contributed by atoms with Crippen molar-refractivity contribution in [1.82, 2.24) is 4.90 Å². The van der Waals surface area contributed by atoms with E-state index < -0.39 is 33.2 Å². The lowest BCUT2D eigenvalue weighted by Crippen LogP contribution is -2.62. The van der Waals surface area contributed by atoms with E-state index in [0.717, 1.165) is 16.7 Å². The van der Waals surface area contributed by atoms with E-state index in [0.29, 0.717) is 12.4 Å². The summed E-state index contributed by atoms with van der Waals surface area (Å²) in [4.78, 5) is 15.4. The summed E-state index contributed by atoms with van der Waals surface area (Å²) in [7, 11) is -0.853. The normalized spacial score (nSPS) is 21.9. The van der Waals surface area contributed by atoms with Crippen molar-refractivity contribution < 1.29 is 27.4 Å². The number of hydrogen-bond acceptors (Lipinski definition) is 6. The lowest BCUT2D eigenvalue weighted by molar-refractivity contribution is -0.164. The first-order chi connectivity index (χ1) is 18.3. The zero-order valence-corrected chi connectivity index (χ0v) is 23.1. The number of aryl methyl sites for hydroxylation is 1. The monoisotopic (exact) mass is 537 g/mol. The fourth-order valence-electron chi connectivity index (χ4n) is 5.00. The third-order valence-corrected chi connectivity index (χ3v) is 9.44. The minimum Gasteiger partial charge on any atom is -0.497 e. The van der Waals surface area contributed by atoms with E-state index >= 15 is 0 Å². The van der Waals surface area contributed by atoms with Crippen LogP contribution in [0.3, 0.4) is 0 Å². The van der Waals surface area contributed by atoms with E-state index in [1.807, 2.05) is 61.5 Å². The molecule has 1 aliphatic rings. The van der Waals surface area contributed by atoms with Crippen molar-refractivity contribution in [3.05, 3.63) is 95.6 Å². The summed E-state index contributed by atoms with van der Waals surface area (Å²) < 4.78 is 45.4. The first-order valence-corrected chi connectivity index (χ1v) is 14.2. The molecule has 0 bridgehead atoms. The quantitative estimate of drug-likeness (QED) is 0.375. The molecular weight excluding hydrogens is 502 g/mol. The number of rotatable bonds is 10. The second kappa shape index (κ2) is 12.1. The smallest absolute Gasteiger partial charge is 0.228 e. The van der Waals surface area contributed by atoms with Crippen LogP contribution >= 0.6 is 0 Å². The Bertz CT molecular complexity index is 1310. The molecule has 3 aromatic rings. The van der Waals surface area contributed by atoms with E-state index in [9.17, 15) is 13.2 Å². The van der Waals surface area contributed by atoms with Gasteiger partial charge in [0, 0.05) is 25.5 Å². The van der Waals surface area contributed by atoms with E-state index in [4.69, 9.17) is 14.2 Å². The van der Waals surface area contributed by atoms with Gasteiger partial charge < -0.3 is 19.1 Å². The molecule has 0 spiro atoms. The summed E-state index contributed by atoms with van der Waals surface area (Å²) in [5.74, 6) is -0.669. The van der Waals surface area contributed by atoms with Crippen LogP contribution in [0.1, 0.15) is 23.6 Å². The number of ether oxygens (including phenoxy) is 3. The van der Waals surface area contributed by atoms with Gasteiger partial charge in [0.05, 0.1) is 25.2 Å². The molecular formula is C30H35NO6S. The maximum Gasteiger partial charge on any atom is 0.228 e. The van der Waals surface area contributed by atoms with Crippen molar-refractivity contribution in [2.45, 2.75) is 43.4 Å². The Kier molecular flexibility index (Phi) is 8.87. The predicted octanol–water partition coefficient (Wildman–Crippen LogP) is 4.63. The molecule has 1 aliphatic heterocycles. The molecule has 3 aromatic carbocycles. The van der Waals surface area contributed by atoms with Crippen molar-refractivity contribution in [2.75, 3.05) is 20.8 Å². The molecule has 1 amide bonds. The zero-order valence-electron chi connectivity index (χ0n) is 22.2. The fourth-order valence-corrected chi connectivity index (χ4v) is 7.16. The van der Waals surface area contributed by atoms with Gasteiger partial charge in [-0.1, -0.05) is 67.1 Å². The van der Waals surface area contributed by atoms with Crippen LogP contribution in [0, 0.1) is 18.8 Å². The highest BCUT2D eigenvalue weighted by Crippen LogP contribution is 2.38. The minimum absolute atomic E-state index is 0.105. The summed E-state index contributed by atoms with van der Waals surface area (Å²) in [5.41, 5.74) is 2.78. The number of carbonyl (C=O) groups excluding carboxylic acids is 1. The molecule has 4 atom stereocenters.